The summed E-state index contributed by atoms with van der Waals surface area (Å²) in [5, 5.41) is 3.53. The van der Waals surface area contributed by atoms with Crippen LogP contribution in [0.15, 0.2) is 65.7 Å². The molecule has 5 heteroatoms. The highest BCUT2D eigenvalue weighted by Crippen LogP contribution is 2.22. The molecular weight excluding hydrogens is 372 g/mol. The van der Waals surface area contributed by atoms with Crippen LogP contribution < -0.4 is 5.32 Å². The summed E-state index contributed by atoms with van der Waals surface area (Å²) in [7, 11) is 1.84. The third-order valence-electron chi connectivity index (χ3n) is 5.95. The van der Waals surface area contributed by atoms with Gasteiger partial charge in [0.25, 0.3) is 0 Å². The zero-order valence-electron chi connectivity index (χ0n) is 17.7. The number of likely N-dealkylation sites (tertiary alicyclic amines) is 1. The number of carbonyl (C=O) groups excluding carboxylic acids is 1. The molecule has 30 heavy (non-hydrogen) atoms. The Hall–Kier alpha value is -3.08. The lowest BCUT2D eigenvalue weighted by Gasteiger charge is -2.30. The summed E-state index contributed by atoms with van der Waals surface area (Å²) in [6.07, 6.45) is 4.97. The van der Waals surface area contributed by atoms with Gasteiger partial charge in [-0.25, -0.2) is 0 Å². The minimum absolute atomic E-state index is 0.267. The van der Waals surface area contributed by atoms with Gasteiger partial charge in [-0.05, 0) is 35.1 Å². The predicted octanol–water partition coefficient (Wildman–Crippen LogP) is 3.67. The Kier molecular flexibility index (Phi) is 6.47. The molecule has 0 radical (unpaired) electrons. The Balaban J connectivity index is 1.38. The van der Waals surface area contributed by atoms with Crippen molar-refractivity contribution in [1.29, 1.82) is 0 Å². The van der Waals surface area contributed by atoms with Crippen molar-refractivity contribution in [2.75, 3.05) is 26.7 Å². The van der Waals surface area contributed by atoms with Crippen molar-refractivity contribution in [2.24, 2.45) is 4.99 Å². The summed E-state index contributed by atoms with van der Waals surface area (Å²) in [5.41, 5.74) is 5.14. The Bertz CT molecular complexity index is 935. The standard InChI is InChI=1S/C25H30N4O/c1-26-25(28-16-13-21(14-17-28)20-8-3-2-4-9-20)27-18-22-10-5-6-11-23(22)19-29-15-7-12-24(29)30/h2-6,8-11,13H,7,12,14-19H2,1H3,(H,26,27). The van der Waals surface area contributed by atoms with Crippen LogP contribution in [-0.4, -0.2) is 48.3 Å². The number of amides is 1. The van der Waals surface area contributed by atoms with Gasteiger partial charge in [0.1, 0.15) is 0 Å². The van der Waals surface area contributed by atoms with Crippen LogP contribution >= 0.6 is 0 Å². The lowest BCUT2D eigenvalue weighted by molar-refractivity contribution is -0.128. The molecule has 2 aliphatic rings. The van der Waals surface area contributed by atoms with Gasteiger partial charge in [0.2, 0.25) is 5.91 Å². The smallest absolute Gasteiger partial charge is 0.222 e. The normalized spacial score (nSPS) is 17.3. The van der Waals surface area contributed by atoms with E-state index in [4.69, 9.17) is 0 Å². The molecule has 1 N–H and O–H groups in total. The number of carbonyl (C=O) groups is 1. The topological polar surface area (TPSA) is 47.9 Å². The maximum Gasteiger partial charge on any atom is 0.222 e. The summed E-state index contributed by atoms with van der Waals surface area (Å²) < 4.78 is 0. The van der Waals surface area contributed by atoms with E-state index in [9.17, 15) is 4.79 Å². The fourth-order valence-electron chi connectivity index (χ4n) is 4.24. The molecule has 2 heterocycles. The third-order valence-corrected chi connectivity index (χ3v) is 5.95. The number of rotatable bonds is 5. The van der Waals surface area contributed by atoms with E-state index in [1.165, 1.54) is 22.3 Å². The minimum atomic E-state index is 0.267. The van der Waals surface area contributed by atoms with Crippen molar-refractivity contribution < 1.29 is 4.79 Å². The molecule has 1 fully saturated rings. The molecule has 5 nitrogen and oxygen atoms in total. The summed E-state index contributed by atoms with van der Waals surface area (Å²) in [6, 6.07) is 19.0. The average molecular weight is 403 g/mol. The van der Waals surface area contributed by atoms with Crippen LogP contribution in [-0.2, 0) is 17.9 Å². The van der Waals surface area contributed by atoms with Crippen LogP contribution in [0, 0.1) is 0 Å². The molecule has 156 valence electrons. The molecule has 0 bridgehead atoms. The first-order valence-corrected chi connectivity index (χ1v) is 10.8. The van der Waals surface area contributed by atoms with Gasteiger partial charge in [-0.2, -0.15) is 0 Å². The molecular formula is C25H30N4O. The first-order chi connectivity index (χ1) is 14.7. The van der Waals surface area contributed by atoms with Crippen LogP contribution in [0.25, 0.3) is 5.57 Å². The molecule has 0 aromatic heterocycles. The quantitative estimate of drug-likeness (QED) is 0.613. The number of nitrogens with zero attached hydrogens (tertiary/aromatic N) is 3. The Morgan fingerprint density at radius 1 is 1.00 bits per heavy atom. The number of aliphatic imine (C=N–C) groups is 1. The molecule has 1 saturated heterocycles. The van der Waals surface area contributed by atoms with Gasteiger partial charge in [-0.15, -0.1) is 0 Å². The highest BCUT2D eigenvalue weighted by molar-refractivity contribution is 5.81. The van der Waals surface area contributed by atoms with E-state index in [0.717, 1.165) is 38.4 Å². The molecule has 0 unspecified atom stereocenters. The minimum Gasteiger partial charge on any atom is -0.352 e. The highest BCUT2D eigenvalue weighted by atomic mass is 16.2. The summed E-state index contributed by atoms with van der Waals surface area (Å²) in [4.78, 5) is 20.8. The SMILES string of the molecule is CN=C(NCc1ccccc1CN1CCCC1=O)N1CC=C(c2ccccc2)CC1. The molecule has 2 aromatic carbocycles. The second kappa shape index (κ2) is 9.61. The average Bonchev–Trinajstić information content (AvgIpc) is 3.20. The van der Waals surface area contributed by atoms with E-state index in [0.29, 0.717) is 19.5 Å². The van der Waals surface area contributed by atoms with Gasteiger partial charge < -0.3 is 15.1 Å². The molecule has 0 aliphatic carbocycles. The van der Waals surface area contributed by atoms with Crippen LogP contribution in [0.2, 0.25) is 0 Å². The van der Waals surface area contributed by atoms with E-state index in [2.05, 4.69) is 75.9 Å². The predicted molar refractivity (Wildman–Crippen MR) is 122 cm³/mol. The molecule has 1 amide bonds. The lowest BCUT2D eigenvalue weighted by Crippen LogP contribution is -2.43. The van der Waals surface area contributed by atoms with E-state index in [1.54, 1.807) is 0 Å². The molecule has 0 saturated carbocycles. The number of hydrogen-bond acceptors (Lipinski definition) is 2. The van der Waals surface area contributed by atoms with Gasteiger partial charge in [-0.3, -0.25) is 9.79 Å². The molecule has 2 aliphatic heterocycles. The summed E-state index contributed by atoms with van der Waals surface area (Å²) in [6.45, 7) is 4.07. The van der Waals surface area contributed by atoms with E-state index >= 15 is 0 Å². The van der Waals surface area contributed by atoms with Gasteiger partial charge in [0.15, 0.2) is 5.96 Å². The van der Waals surface area contributed by atoms with Crippen molar-refractivity contribution in [3.8, 4) is 0 Å². The van der Waals surface area contributed by atoms with Gasteiger partial charge in [-0.1, -0.05) is 60.7 Å². The summed E-state index contributed by atoms with van der Waals surface area (Å²) in [5.74, 6) is 1.19. The Morgan fingerprint density at radius 3 is 2.43 bits per heavy atom. The highest BCUT2D eigenvalue weighted by Gasteiger charge is 2.21. The zero-order valence-corrected chi connectivity index (χ0v) is 17.7. The fraction of sp³-hybridized carbons (Fsp3) is 0.360. The maximum absolute atomic E-state index is 12.0. The van der Waals surface area contributed by atoms with Crippen molar-refractivity contribution in [3.63, 3.8) is 0 Å². The van der Waals surface area contributed by atoms with E-state index < -0.39 is 0 Å². The van der Waals surface area contributed by atoms with Crippen LogP contribution in [0.1, 0.15) is 36.0 Å². The van der Waals surface area contributed by atoms with E-state index in [-0.39, 0.29) is 5.91 Å². The number of guanidine groups is 1. The van der Waals surface area contributed by atoms with Crippen molar-refractivity contribution >= 4 is 17.4 Å². The van der Waals surface area contributed by atoms with Crippen molar-refractivity contribution in [3.05, 3.63) is 77.4 Å². The fourth-order valence-corrected chi connectivity index (χ4v) is 4.24. The first kappa shape index (κ1) is 20.2. The Morgan fingerprint density at radius 2 is 1.77 bits per heavy atom. The van der Waals surface area contributed by atoms with Gasteiger partial charge in [0.05, 0.1) is 0 Å². The van der Waals surface area contributed by atoms with Crippen molar-refractivity contribution in [2.45, 2.75) is 32.4 Å². The number of hydrogen-bond donors (Lipinski definition) is 1. The van der Waals surface area contributed by atoms with Gasteiger partial charge in [0, 0.05) is 46.2 Å². The second-order valence-corrected chi connectivity index (χ2v) is 7.88. The second-order valence-electron chi connectivity index (χ2n) is 7.88. The lowest BCUT2D eigenvalue weighted by atomic mass is 10.00. The molecule has 2 aromatic rings. The van der Waals surface area contributed by atoms with Crippen LogP contribution in [0.5, 0.6) is 0 Å². The molecule has 0 spiro atoms. The number of nitrogens with one attached hydrogen (secondary N) is 1. The van der Waals surface area contributed by atoms with E-state index in [1.807, 2.05) is 11.9 Å². The Labute approximate surface area is 179 Å². The van der Waals surface area contributed by atoms with Crippen molar-refractivity contribution in [1.82, 2.24) is 15.1 Å². The monoisotopic (exact) mass is 402 g/mol. The van der Waals surface area contributed by atoms with Crippen LogP contribution in [0.4, 0.5) is 0 Å². The van der Waals surface area contributed by atoms with Gasteiger partial charge >= 0.3 is 0 Å². The maximum atomic E-state index is 12.0. The number of benzene rings is 2. The largest absolute Gasteiger partial charge is 0.352 e. The summed E-state index contributed by atoms with van der Waals surface area (Å²) >= 11 is 0. The van der Waals surface area contributed by atoms with Crippen LogP contribution in [0.3, 0.4) is 0 Å². The zero-order chi connectivity index (χ0) is 20.8. The third kappa shape index (κ3) is 4.73. The molecule has 4 rings (SSSR count). The molecule has 0 atom stereocenters. The first-order valence-electron chi connectivity index (χ1n) is 10.8.